The van der Waals surface area contributed by atoms with Gasteiger partial charge in [0.05, 0.1) is 9.82 Å². The Balaban J connectivity index is 1.67. The van der Waals surface area contributed by atoms with Crippen molar-refractivity contribution in [2.45, 2.75) is 43.5 Å². The van der Waals surface area contributed by atoms with E-state index in [1.165, 1.54) is 16.4 Å². The second kappa shape index (κ2) is 8.99. The molecule has 0 N–H and O–H groups in total. The molecule has 1 atom stereocenters. The predicted molar refractivity (Wildman–Crippen MR) is 113 cm³/mol. The smallest absolute Gasteiger partial charge is 0.270 e. The zero-order valence-electron chi connectivity index (χ0n) is 17.8. The third kappa shape index (κ3) is 4.65. The van der Waals surface area contributed by atoms with Gasteiger partial charge in [-0.15, -0.1) is 0 Å². The normalized spacial score (nSPS) is 21.7. The van der Waals surface area contributed by atoms with E-state index in [2.05, 4.69) is 4.90 Å². The molecule has 9 nitrogen and oxygen atoms in total. The topological polar surface area (TPSA) is 104 Å². The molecular weight excluding hydrogens is 408 g/mol. The molecule has 0 radical (unpaired) electrons. The fraction of sp³-hybridized carbons (Fsp3) is 0.650. The number of aryl methyl sites for hydroxylation is 1. The molecule has 2 heterocycles. The average molecular weight is 439 g/mol. The van der Waals surface area contributed by atoms with Gasteiger partial charge in [-0.3, -0.25) is 14.9 Å². The Kier molecular flexibility index (Phi) is 6.78. The van der Waals surface area contributed by atoms with Crippen molar-refractivity contribution in [3.8, 4) is 0 Å². The molecule has 10 heteroatoms. The number of sulfonamides is 1. The minimum absolute atomic E-state index is 0.0358. The minimum atomic E-state index is -3.85. The number of non-ortho nitro benzene ring substituents is 1. The first-order valence-electron chi connectivity index (χ1n) is 10.3. The van der Waals surface area contributed by atoms with Gasteiger partial charge in [0.2, 0.25) is 15.9 Å². The van der Waals surface area contributed by atoms with Gasteiger partial charge >= 0.3 is 0 Å². The van der Waals surface area contributed by atoms with Gasteiger partial charge in [-0.1, -0.05) is 6.07 Å². The van der Waals surface area contributed by atoms with Crippen molar-refractivity contribution in [1.29, 1.82) is 0 Å². The molecule has 166 valence electrons. The molecule has 2 fully saturated rings. The molecule has 0 bridgehead atoms. The molecule has 3 rings (SSSR count). The highest BCUT2D eigenvalue weighted by atomic mass is 32.2. The van der Waals surface area contributed by atoms with Crippen LogP contribution < -0.4 is 0 Å². The van der Waals surface area contributed by atoms with Crippen molar-refractivity contribution < 1.29 is 18.1 Å². The van der Waals surface area contributed by atoms with E-state index in [1.54, 1.807) is 6.92 Å². The summed E-state index contributed by atoms with van der Waals surface area (Å²) in [5, 5.41) is 11.1. The van der Waals surface area contributed by atoms with Crippen LogP contribution in [0, 0.1) is 23.0 Å². The second-order valence-electron chi connectivity index (χ2n) is 8.43. The summed E-state index contributed by atoms with van der Waals surface area (Å²) in [7, 11) is 0.206. The van der Waals surface area contributed by atoms with Gasteiger partial charge in [-0.2, -0.15) is 4.31 Å². The number of nitro benzene ring substituents is 1. The van der Waals surface area contributed by atoms with Gasteiger partial charge < -0.3 is 9.80 Å². The molecule has 0 aromatic heterocycles. The van der Waals surface area contributed by atoms with E-state index in [4.69, 9.17) is 0 Å². The molecule has 0 aliphatic carbocycles. The van der Waals surface area contributed by atoms with E-state index < -0.39 is 14.9 Å². The number of nitrogens with zero attached hydrogens (tertiary/aromatic N) is 4. The number of nitro groups is 1. The van der Waals surface area contributed by atoms with Crippen molar-refractivity contribution in [3.63, 3.8) is 0 Å². The van der Waals surface area contributed by atoms with Crippen LogP contribution in [-0.4, -0.2) is 79.7 Å². The Labute approximate surface area is 177 Å². The van der Waals surface area contributed by atoms with Crippen molar-refractivity contribution in [3.05, 3.63) is 33.9 Å². The number of carbonyl (C=O) groups is 1. The molecule has 1 amide bonds. The lowest BCUT2D eigenvalue weighted by molar-refractivity contribution is -0.385. The molecular formula is C20H30N4O5S. The summed E-state index contributed by atoms with van der Waals surface area (Å²) < 4.78 is 27.5. The monoisotopic (exact) mass is 438 g/mol. The van der Waals surface area contributed by atoms with Crippen LogP contribution in [-0.2, 0) is 14.8 Å². The maximum absolute atomic E-state index is 13.1. The number of piperidine rings is 2. The van der Waals surface area contributed by atoms with Crippen LogP contribution >= 0.6 is 0 Å². The number of amides is 1. The van der Waals surface area contributed by atoms with E-state index in [0.717, 1.165) is 32.0 Å². The molecule has 2 saturated heterocycles. The Morgan fingerprint density at radius 3 is 2.43 bits per heavy atom. The van der Waals surface area contributed by atoms with Crippen LogP contribution in [0.2, 0.25) is 0 Å². The van der Waals surface area contributed by atoms with E-state index in [-0.39, 0.29) is 35.5 Å². The summed E-state index contributed by atoms with van der Waals surface area (Å²) >= 11 is 0. The van der Waals surface area contributed by atoms with Crippen molar-refractivity contribution in [2.24, 2.45) is 5.92 Å². The largest absolute Gasteiger partial charge is 0.341 e. The average Bonchev–Trinajstić information content (AvgIpc) is 2.73. The minimum Gasteiger partial charge on any atom is -0.341 e. The number of hydrogen-bond donors (Lipinski definition) is 0. The number of likely N-dealkylation sites (tertiary alicyclic amines) is 1. The van der Waals surface area contributed by atoms with Gasteiger partial charge in [-0.25, -0.2) is 8.42 Å². The maximum atomic E-state index is 13.1. The molecule has 1 aromatic carbocycles. The Hall–Kier alpha value is -2.04. The zero-order chi connectivity index (χ0) is 22.1. The highest BCUT2D eigenvalue weighted by molar-refractivity contribution is 7.89. The predicted octanol–water partition coefficient (Wildman–Crippen LogP) is 1.86. The SMILES string of the molecule is Cc1ccc([N+](=O)[O-])cc1S(=O)(=O)N1CCC(C(=O)N2CCCC(N(C)C)C2)CC1. The highest BCUT2D eigenvalue weighted by Crippen LogP contribution is 2.29. The van der Waals surface area contributed by atoms with Crippen LogP contribution in [0.15, 0.2) is 23.1 Å². The van der Waals surface area contributed by atoms with Crippen molar-refractivity contribution >= 4 is 21.6 Å². The lowest BCUT2D eigenvalue weighted by Gasteiger charge is -2.39. The van der Waals surface area contributed by atoms with Crippen molar-refractivity contribution in [2.75, 3.05) is 40.3 Å². The van der Waals surface area contributed by atoms with Crippen LogP contribution in [0.3, 0.4) is 0 Å². The highest BCUT2D eigenvalue weighted by Gasteiger charge is 2.36. The van der Waals surface area contributed by atoms with Gasteiger partial charge in [0.25, 0.3) is 5.69 Å². The molecule has 0 saturated carbocycles. The number of rotatable bonds is 5. The molecule has 2 aliphatic rings. The van der Waals surface area contributed by atoms with Crippen LogP contribution in [0.5, 0.6) is 0 Å². The Bertz CT molecular complexity index is 910. The molecule has 30 heavy (non-hydrogen) atoms. The van der Waals surface area contributed by atoms with E-state index in [0.29, 0.717) is 24.4 Å². The summed E-state index contributed by atoms with van der Waals surface area (Å²) in [6, 6.07) is 4.24. The summed E-state index contributed by atoms with van der Waals surface area (Å²) in [6.07, 6.45) is 2.99. The summed E-state index contributed by atoms with van der Waals surface area (Å²) in [6.45, 7) is 3.59. The van der Waals surface area contributed by atoms with E-state index >= 15 is 0 Å². The maximum Gasteiger partial charge on any atom is 0.270 e. The molecule has 0 spiro atoms. The molecule has 2 aliphatic heterocycles. The fourth-order valence-electron chi connectivity index (χ4n) is 4.30. The van der Waals surface area contributed by atoms with Crippen LogP contribution in [0.4, 0.5) is 5.69 Å². The van der Waals surface area contributed by atoms with Gasteiger partial charge in [-0.05, 0) is 52.3 Å². The summed E-state index contributed by atoms with van der Waals surface area (Å²) in [5.74, 6) is -0.0614. The third-order valence-electron chi connectivity index (χ3n) is 6.24. The second-order valence-corrected chi connectivity index (χ2v) is 10.3. The fourth-order valence-corrected chi connectivity index (χ4v) is 6.01. The first-order valence-corrected chi connectivity index (χ1v) is 11.8. The summed E-state index contributed by atoms with van der Waals surface area (Å²) in [4.78, 5) is 27.5. The van der Waals surface area contributed by atoms with Crippen LogP contribution in [0.1, 0.15) is 31.2 Å². The first-order chi connectivity index (χ1) is 14.1. The standard InChI is InChI=1S/C20H30N4O5S/c1-15-6-7-17(24(26)27)13-19(15)30(28,29)23-11-8-16(9-12-23)20(25)22-10-4-5-18(14-22)21(2)3/h6-7,13,16,18H,4-5,8-12,14H2,1-3H3. The molecule has 1 aromatic rings. The number of benzene rings is 1. The van der Waals surface area contributed by atoms with Gasteiger partial charge in [0.15, 0.2) is 0 Å². The Morgan fingerprint density at radius 1 is 1.17 bits per heavy atom. The van der Waals surface area contributed by atoms with E-state index in [9.17, 15) is 23.3 Å². The number of carbonyl (C=O) groups excluding carboxylic acids is 1. The van der Waals surface area contributed by atoms with Gasteiger partial charge in [0, 0.05) is 50.3 Å². The third-order valence-corrected chi connectivity index (χ3v) is 8.28. The van der Waals surface area contributed by atoms with Crippen molar-refractivity contribution in [1.82, 2.24) is 14.1 Å². The van der Waals surface area contributed by atoms with Crippen LogP contribution in [0.25, 0.3) is 0 Å². The Morgan fingerprint density at radius 2 is 1.83 bits per heavy atom. The summed E-state index contributed by atoms with van der Waals surface area (Å²) in [5.41, 5.74) is 0.228. The first kappa shape index (κ1) is 22.6. The molecule has 1 unspecified atom stereocenters. The number of likely N-dealkylation sites (N-methyl/N-ethyl adjacent to an activating group) is 1. The lowest BCUT2D eigenvalue weighted by atomic mass is 9.94. The number of hydrogen-bond acceptors (Lipinski definition) is 6. The zero-order valence-corrected chi connectivity index (χ0v) is 18.6. The lowest BCUT2D eigenvalue weighted by Crippen LogP contribution is -2.51. The quantitative estimate of drug-likeness (QED) is 0.513. The van der Waals surface area contributed by atoms with Gasteiger partial charge in [0.1, 0.15) is 0 Å². The van der Waals surface area contributed by atoms with E-state index in [1.807, 2.05) is 19.0 Å².